The Morgan fingerprint density at radius 1 is 1.14 bits per heavy atom. The number of carbonyl (C=O) groups is 1. The third-order valence-electron chi connectivity index (χ3n) is 3.51. The monoisotopic (exact) mass is 310 g/mol. The number of aliphatic imine (C=N–C) groups is 1. The quantitative estimate of drug-likeness (QED) is 0.840. The Kier molecular flexibility index (Phi) is 3.82. The molecule has 22 heavy (non-hydrogen) atoms. The van der Waals surface area contributed by atoms with E-state index in [2.05, 4.69) is 16.4 Å². The Balaban J connectivity index is 1.97. The lowest BCUT2D eigenvalue weighted by atomic mass is 10.0. The first-order valence-corrected chi connectivity index (χ1v) is 7.36. The Morgan fingerprint density at radius 2 is 1.95 bits per heavy atom. The van der Waals surface area contributed by atoms with Crippen LogP contribution in [0.2, 0.25) is 5.02 Å². The lowest BCUT2D eigenvalue weighted by Crippen LogP contribution is -2.24. The molecule has 2 aromatic rings. The molecule has 110 valence electrons. The van der Waals surface area contributed by atoms with Gasteiger partial charge in [-0.05, 0) is 43.2 Å². The van der Waals surface area contributed by atoms with Crippen LogP contribution in [0, 0.1) is 13.8 Å². The van der Waals surface area contributed by atoms with Crippen LogP contribution in [0.3, 0.4) is 0 Å². The molecule has 3 nitrogen and oxygen atoms in total. The Bertz CT molecular complexity index is 822. The number of halogens is 1. The molecule has 3 rings (SSSR count). The van der Waals surface area contributed by atoms with Gasteiger partial charge in [-0.2, -0.15) is 0 Å². The highest BCUT2D eigenvalue weighted by molar-refractivity contribution is 6.31. The van der Waals surface area contributed by atoms with Crippen molar-refractivity contribution < 1.29 is 4.79 Å². The van der Waals surface area contributed by atoms with E-state index in [1.165, 1.54) is 5.56 Å². The predicted octanol–water partition coefficient (Wildman–Crippen LogP) is 3.87. The molecule has 1 N–H and O–H groups in total. The van der Waals surface area contributed by atoms with E-state index in [0.29, 0.717) is 16.6 Å². The number of hydrogen-bond acceptors (Lipinski definition) is 2. The molecule has 0 radical (unpaired) electrons. The molecule has 0 fully saturated rings. The lowest BCUT2D eigenvalue weighted by molar-refractivity contribution is -0.115. The summed E-state index contributed by atoms with van der Waals surface area (Å²) < 4.78 is 0. The zero-order valence-electron chi connectivity index (χ0n) is 12.4. The number of nitrogens with one attached hydrogen (secondary N) is 1. The third-order valence-corrected chi connectivity index (χ3v) is 3.75. The fourth-order valence-electron chi connectivity index (χ4n) is 2.38. The van der Waals surface area contributed by atoms with Crippen LogP contribution >= 0.6 is 11.6 Å². The van der Waals surface area contributed by atoms with Gasteiger partial charge in [0.15, 0.2) is 0 Å². The van der Waals surface area contributed by atoms with Gasteiger partial charge in [-0.25, -0.2) is 4.99 Å². The first-order chi connectivity index (χ1) is 10.5. The van der Waals surface area contributed by atoms with Crippen molar-refractivity contribution in [2.24, 2.45) is 4.99 Å². The molecule has 0 spiro atoms. The summed E-state index contributed by atoms with van der Waals surface area (Å²) in [7, 11) is 0. The summed E-state index contributed by atoms with van der Waals surface area (Å²) in [4.78, 5) is 16.5. The van der Waals surface area contributed by atoms with Gasteiger partial charge in [-0.15, -0.1) is 0 Å². The van der Waals surface area contributed by atoms with Crippen molar-refractivity contribution in [3.63, 3.8) is 0 Å². The molecule has 0 aromatic heterocycles. The van der Waals surface area contributed by atoms with Crippen molar-refractivity contribution in [3.05, 3.63) is 75.4 Å². The van der Waals surface area contributed by atoms with Gasteiger partial charge in [0, 0.05) is 10.6 Å². The maximum atomic E-state index is 12.1. The van der Waals surface area contributed by atoms with Crippen molar-refractivity contribution in [2.45, 2.75) is 13.8 Å². The molecular formula is C18H15ClN2O. The van der Waals surface area contributed by atoms with Gasteiger partial charge in [0.05, 0.1) is 0 Å². The summed E-state index contributed by atoms with van der Waals surface area (Å²) >= 11 is 5.98. The summed E-state index contributed by atoms with van der Waals surface area (Å²) in [6.45, 7) is 4.06. The van der Waals surface area contributed by atoms with Crippen LogP contribution in [0.5, 0.6) is 0 Å². The van der Waals surface area contributed by atoms with Crippen LogP contribution in [0.25, 0.3) is 6.08 Å². The Hall–Kier alpha value is -2.39. The fraction of sp³-hybridized carbons (Fsp3) is 0.111. The molecule has 2 aromatic carbocycles. The SMILES string of the molecule is Cc1ccc(/C=C2\N=C(c3cccc(Cl)c3)NC2=O)c(C)c1. The van der Waals surface area contributed by atoms with E-state index in [4.69, 9.17) is 11.6 Å². The molecule has 1 amide bonds. The van der Waals surface area contributed by atoms with Gasteiger partial charge < -0.3 is 5.32 Å². The summed E-state index contributed by atoms with van der Waals surface area (Å²) in [5.41, 5.74) is 4.50. The minimum absolute atomic E-state index is 0.199. The molecule has 0 saturated carbocycles. The topological polar surface area (TPSA) is 41.5 Å². The molecule has 4 heteroatoms. The van der Waals surface area contributed by atoms with E-state index in [1.54, 1.807) is 12.1 Å². The largest absolute Gasteiger partial charge is 0.305 e. The minimum Gasteiger partial charge on any atom is -0.305 e. The average molecular weight is 311 g/mol. The van der Waals surface area contributed by atoms with E-state index < -0.39 is 0 Å². The predicted molar refractivity (Wildman–Crippen MR) is 90.0 cm³/mol. The number of nitrogens with zero attached hydrogens (tertiary/aromatic N) is 1. The molecule has 0 bridgehead atoms. The van der Waals surface area contributed by atoms with Gasteiger partial charge in [0.2, 0.25) is 0 Å². The van der Waals surface area contributed by atoms with Crippen molar-refractivity contribution in [1.29, 1.82) is 0 Å². The van der Waals surface area contributed by atoms with Crippen LogP contribution in [0.4, 0.5) is 0 Å². The molecule has 0 unspecified atom stereocenters. The normalized spacial score (nSPS) is 15.9. The van der Waals surface area contributed by atoms with Crippen LogP contribution in [-0.2, 0) is 4.79 Å². The second kappa shape index (κ2) is 5.78. The zero-order valence-corrected chi connectivity index (χ0v) is 13.1. The van der Waals surface area contributed by atoms with E-state index in [1.807, 2.05) is 44.2 Å². The number of amides is 1. The van der Waals surface area contributed by atoms with Crippen LogP contribution in [0.1, 0.15) is 22.3 Å². The lowest BCUT2D eigenvalue weighted by Gasteiger charge is -2.01. The van der Waals surface area contributed by atoms with Crippen LogP contribution < -0.4 is 5.32 Å². The van der Waals surface area contributed by atoms with Crippen molar-refractivity contribution in [2.75, 3.05) is 0 Å². The van der Waals surface area contributed by atoms with Crippen molar-refractivity contribution >= 4 is 29.4 Å². The summed E-state index contributed by atoms with van der Waals surface area (Å²) in [5, 5.41) is 3.39. The second-order valence-electron chi connectivity index (χ2n) is 5.31. The van der Waals surface area contributed by atoms with Gasteiger partial charge in [-0.3, -0.25) is 4.79 Å². The summed E-state index contributed by atoms with van der Waals surface area (Å²) in [6.07, 6.45) is 1.81. The average Bonchev–Trinajstić information content (AvgIpc) is 2.83. The zero-order chi connectivity index (χ0) is 15.7. The summed E-state index contributed by atoms with van der Waals surface area (Å²) in [6, 6.07) is 13.4. The van der Waals surface area contributed by atoms with E-state index in [0.717, 1.165) is 16.7 Å². The molecule has 1 heterocycles. The van der Waals surface area contributed by atoms with Crippen LogP contribution in [0.15, 0.2) is 53.2 Å². The van der Waals surface area contributed by atoms with Crippen LogP contribution in [-0.4, -0.2) is 11.7 Å². The number of amidine groups is 1. The third kappa shape index (κ3) is 2.95. The Labute approximate surface area is 134 Å². The Morgan fingerprint density at radius 3 is 2.68 bits per heavy atom. The maximum Gasteiger partial charge on any atom is 0.275 e. The molecular weight excluding hydrogens is 296 g/mol. The smallest absolute Gasteiger partial charge is 0.275 e. The van der Waals surface area contributed by atoms with Gasteiger partial charge in [0.25, 0.3) is 5.91 Å². The highest BCUT2D eigenvalue weighted by Crippen LogP contribution is 2.19. The second-order valence-corrected chi connectivity index (χ2v) is 5.75. The van der Waals surface area contributed by atoms with Crippen molar-refractivity contribution in [3.8, 4) is 0 Å². The van der Waals surface area contributed by atoms with E-state index >= 15 is 0 Å². The van der Waals surface area contributed by atoms with Gasteiger partial charge in [0.1, 0.15) is 11.5 Å². The number of rotatable bonds is 2. The first kappa shape index (κ1) is 14.5. The number of hydrogen-bond donors (Lipinski definition) is 1. The number of carbonyl (C=O) groups excluding carboxylic acids is 1. The highest BCUT2D eigenvalue weighted by Gasteiger charge is 2.21. The van der Waals surface area contributed by atoms with Gasteiger partial charge in [-0.1, -0.05) is 47.5 Å². The standard InChI is InChI=1S/C18H15ClN2O/c1-11-6-7-13(12(2)8-11)10-16-18(22)21-17(20-16)14-4-3-5-15(19)9-14/h3-10H,1-2H3,(H,20,21,22)/b16-10-. The van der Waals surface area contributed by atoms with E-state index in [9.17, 15) is 4.79 Å². The molecule has 0 aliphatic carbocycles. The molecule has 0 saturated heterocycles. The molecule has 1 aliphatic rings. The van der Waals surface area contributed by atoms with Crippen molar-refractivity contribution in [1.82, 2.24) is 5.32 Å². The highest BCUT2D eigenvalue weighted by atomic mass is 35.5. The maximum absolute atomic E-state index is 12.1. The first-order valence-electron chi connectivity index (χ1n) is 6.98. The molecule has 0 atom stereocenters. The fourth-order valence-corrected chi connectivity index (χ4v) is 2.57. The minimum atomic E-state index is -0.199. The number of benzene rings is 2. The molecule has 1 aliphatic heterocycles. The number of aryl methyl sites for hydroxylation is 2. The van der Waals surface area contributed by atoms with Gasteiger partial charge >= 0.3 is 0 Å². The summed E-state index contributed by atoms with van der Waals surface area (Å²) in [5.74, 6) is 0.332. The van der Waals surface area contributed by atoms with E-state index in [-0.39, 0.29) is 5.91 Å².